The number of halogens is 1. The van der Waals surface area contributed by atoms with E-state index in [0.29, 0.717) is 0 Å². The van der Waals surface area contributed by atoms with Gasteiger partial charge >= 0.3 is 0 Å². The highest BCUT2D eigenvalue weighted by Gasteiger charge is 2.20. The fraction of sp³-hybridized carbons (Fsp3) is 0.583. The monoisotopic (exact) mass is 283 g/mol. The van der Waals surface area contributed by atoms with Crippen LogP contribution in [-0.2, 0) is 0 Å². The van der Waals surface area contributed by atoms with Gasteiger partial charge < -0.3 is 9.80 Å². The zero-order chi connectivity index (χ0) is 11.5. The van der Waals surface area contributed by atoms with E-state index in [1.807, 2.05) is 12.4 Å². The van der Waals surface area contributed by atoms with E-state index in [9.17, 15) is 0 Å². The Balaban J connectivity index is 1.99. The maximum Gasteiger partial charge on any atom is 0.0564 e. The average Bonchev–Trinajstić information content (AvgIpc) is 2.29. The topological polar surface area (TPSA) is 19.4 Å². The first-order chi connectivity index (χ1) is 7.66. The third-order valence-electron chi connectivity index (χ3n) is 3.25. The molecule has 0 aromatic carbocycles. The van der Waals surface area contributed by atoms with Crippen molar-refractivity contribution >= 4 is 21.6 Å². The maximum absolute atomic E-state index is 4.21. The Morgan fingerprint density at radius 3 is 2.56 bits per heavy atom. The van der Waals surface area contributed by atoms with E-state index < -0.39 is 0 Å². The van der Waals surface area contributed by atoms with Gasteiger partial charge in [-0.2, -0.15) is 0 Å². The first-order valence-corrected chi connectivity index (χ1v) is 6.48. The van der Waals surface area contributed by atoms with Gasteiger partial charge in [0.15, 0.2) is 0 Å². The molecule has 0 aliphatic carbocycles. The van der Waals surface area contributed by atoms with Crippen LogP contribution in [0.4, 0.5) is 5.69 Å². The molecule has 1 aliphatic heterocycles. The molecule has 1 saturated heterocycles. The molecule has 1 aromatic heterocycles. The van der Waals surface area contributed by atoms with Crippen molar-refractivity contribution in [2.24, 2.45) is 0 Å². The van der Waals surface area contributed by atoms with E-state index in [4.69, 9.17) is 0 Å². The van der Waals surface area contributed by atoms with Crippen LogP contribution >= 0.6 is 15.9 Å². The Labute approximate surface area is 106 Å². The summed E-state index contributed by atoms with van der Waals surface area (Å²) < 4.78 is 1.06. The van der Waals surface area contributed by atoms with Crippen LogP contribution in [0.25, 0.3) is 0 Å². The minimum atomic E-state index is 0.733. The van der Waals surface area contributed by atoms with E-state index in [0.717, 1.165) is 23.6 Å². The molecule has 1 fully saturated rings. The molecular formula is C12H18BrN3. The molecule has 4 heteroatoms. The third-order valence-corrected chi connectivity index (χ3v) is 3.68. The second-order valence-corrected chi connectivity index (χ2v) is 5.46. The first kappa shape index (κ1) is 11.9. The van der Waals surface area contributed by atoms with Crippen molar-refractivity contribution in [1.82, 2.24) is 9.88 Å². The number of rotatable bonds is 2. The molecule has 0 atom stereocenters. The van der Waals surface area contributed by atoms with Crippen LogP contribution in [0.3, 0.4) is 0 Å². The molecule has 0 N–H and O–H groups in total. The Hall–Kier alpha value is -0.610. The Bertz CT molecular complexity index is 346. The molecule has 2 heterocycles. The highest BCUT2D eigenvalue weighted by molar-refractivity contribution is 9.10. The van der Waals surface area contributed by atoms with Crippen molar-refractivity contribution in [3.8, 4) is 0 Å². The number of hydrogen-bond acceptors (Lipinski definition) is 3. The first-order valence-electron chi connectivity index (χ1n) is 5.69. The predicted molar refractivity (Wildman–Crippen MR) is 70.9 cm³/mol. The number of pyridine rings is 1. The summed E-state index contributed by atoms with van der Waals surface area (Å²) in [5, 5.41) is 0. The van der Waals surface area contributed by atoms with Crippen LogP contribution in [-0.4, -0.2) is 43.1 Å². The Morgan fingerprint density at radius 2 is 2.00 bits per heavy atom. The van der Waals surface area contributed by atoms with Gasteiger partial charge in [0.1, 0.15) is 0 Å². The van der Waals surface area contributed by atoms with E-state index in [1.54, 1.807) is 0 Å². The number of nitrogens with zero attached hydrogens (tertiary/aromatic N) is 3. The number of aromatic nitrogens is 1. The lowest BCUT2D eigenvalue weighted by Gasteiger charge is -2.36. The van der Waals surface area contributed by atoms with Crippen molar-refractivity contribution < 1.29 is 0 Å². The van der Waals surface area contributed by atoms with E-state index in [-0.39, 0.29) is 0 Å². The standard InChI is InChI=1S/C12H18BrN3/c1-15(2)11-3-5-16(6-4-11)12-7-10(13)8-14-9-12/h7-9,11H,3-6H2,1-2H3. The molecule has 0 bridgehead atoms. The summed E-state index contributed by atoms with van der Waals surface area (Å²) in [4.78, 5) is 8.96. The Morgan fingerprint density at radius 1 is 1.31 bits per heavy atom. The van der Waals surface area contributed by atoms with Gasteiger partial charge in [0.05, 0.1) is 11.9 Å². The summed E-state index contributed by atoms with van der Waals surface area (Å²) in [6, 6.07) is 2.87. The van der Waals surface area contributed by atoms with Crippen LogP contribution in [0.1, 0.15) is 12.8 Å². The summed E-state index contributed by atoms with van der Waals surface area (Å²) in [6.07, 6.45) is 6.25. The smallest absolute Gasteiger partial charge is 0.0564 e. The molecule has 16 heavy (non-hydrogen) atoms. The van der Waals surface area contributed by atoms with Gasteiger partial charge in [0.25, 0.3) is 0 Å². The minimum absolute atomic E-state index is 0.733. The highest BCUT2D eigenvalue weighted by atomic mass is 79.9. The second-order valence-electron chi connectivity index (χ2n) is 4.54. The van der Waals surface area contributed by atoms with E-state index in [2.05, 4.69) is 50.9 Å². The Kier molecular flexibility index (Phi) is 3.82. The molecule has 1 aliphatic rings. The molecule has 3 nitrogen and oxygen atoms in total. The van der Waals surface area contributed by atoms with Crippen LogP contribution in [0.2, 0.25) is 0 Å². The fourth-order valence-corrected chi connectivity index (χ4v) is 2.57. The molecule has 0 saturated carbocycles. The largest absolute Gasteiger partial charge is 0.370 e. The lowest BCUT2D eigenvalue weighted by molar-refractivity contribution is 0.249. The number of anilines is 1. The van der Waals surface area contributed by atoms with Crippen molar-refractivity contribution in [1.29, 1.82) is 0 Å². The zero-order valence-corrected chi connectivity index (χ0v) is 11.4. The summed E-state index contributed by atoms with van der Waals surface area (Å²) in [6.45, 7) is 2.25. The lowest BCUT2D eigenvalue weighted by atomic mass is 10.0. The van der Waals surface area contributed by atoms with Crippen LogP contribution in [0, 0.1) is 0 Å². The van der Waals surface area contributed by atoms with Crippen molar-refractivity contribution in [2.45, 2.75) is 18.9 Å². The SMILES string of the molecule is CN(C)C1CCN(c2cncc(Br)c2)CC1. The summed E-state index contributed by atoms with van der Waals surface area (Å²) in [5.41, 5.74) is 1.23. The zero-order valence-electron chi connectivity index (χ0n) is 9.86. The van der Waals surface area contributed by atoms with E-state index >= 15 is 0 Å². The average molecular weight is 284 g/mol. The van der Waals surface area contributed by atoms with Crippen molar-refractivity contribution in [3.05, 3.63) is 22.9 Å². The summed E-state index contributed by atoms with van der Waals surface area (Å²) >= 11 is 3.47. The minimum Gasteiger partial charge on any atom is -0.370 e. The van der Waals surface area contributed by atoms with Crippen molar-refractivity contribution in [3.63, 3.8) is 0 Å². The number of piperidine rings is 1. The highest BCUT2D eigenvalue weighted by Crippen LogP contribution is 2.23. The van der Waals surface area contributed by atoms with Gasteiger partial charge in [0.2, 0.25) is 0 Å². The van der Waals surface area contributed by atoms with Crippen LogP contribution in [0.5, 0.6) is 0 Å². The molecule has 0 amide bonds. The fourth-order valence-electron chi connectivity index (χ4n) is 2.21. The summed E-state index contributed by atoms with van der Waals surface area (Å²) in [7, 11) is 4.34. The molecule has 88 valence electrons. The maximum atomic E-state index is 4.21. The molecule has 0 spiro atoms. The number of hydrogen-bond donors (Lipinski definition) is 0. The molecular weight excluding hydrogens is 266 g/mol. The molecule has 0 radical (unpaired) electrons. The predicted octanol–water partition coefficient (Wildman–Crippen LogP) is 2.37. The van der Waals surface area contributed by atoms with Gasteiger partial charge in [-0.15, -0.1) is 0 Å². The van der Waals surface area contributed by atoms with Gasteiger partial charge in [-0.3, -0.25) is 4.98 Å². The third kappa shape index (κ3) is 2.74. The van der Waals surface area contributed by atoms with Crippen LogP contribution < -0.4 is 4.90 Å². The molecule has 1 aromatic rings. The molecule has 0 unspecified atom stereocenters. The van der Waals surface area contributed by atoms with Gasteiger partial charge in [-0.05, 0) is 48.9 Å². The normalized spacial score (nSPS) is 18.1. The van der Waals surface area contributed by atoms with Crippen molar-refractivity contribution in [2.75, 3.05) is 32.1 Å². The van der Waals surface area contributed by atoms with Gasteiger partial charge in [0, 0.05) is 29.8 Å². The quantitative estimate of drug-likeness (QED) is 0.831. The molecule has 2 rings (SSSR count). The van der Waals surface area contributed by atoms with E-state index in [1.165, 1.54) is 18.5 Å². The lowest BCUT2D eigenvalue weighted by Crippen LogP contribution is -2.42. The summed E-state index contributed by atoms with van der Waals surface area (Å²) in [5.74, 6) is 0. The van der Waals surface area contributed by atoms with Crippen LogP contribution in [0.15, 0.2) is 22.9 Å². The van der Waals surface area contributed by atoms with Gasteiger partial charge in [-0.25, -0.2) is 0 Å². The van der Waals surface area contributed by atoms with Gasteiger partial charge in [-0.1, -0.05) is 0 Å². The second kappa shape index (κ2) is 5.15.